The summed E-state index contributed by atoms with van der Waals surface area (Å²) in [4.78, 5) is 6.62. The van der Waals surface area contributed by atoms with Crippen molar-refractivity contribution < 1.29 is 17.5 Å². The van der Waals surface area contributed by atoms with Crippen LogP contribution in [0.3, 0.4) is 0 Å². The van der Waals surface area contributed by atoms with Gasteiger partial charge in [-0.3, -0.25) is 4.90 Å². The molecule has 2 N–H and O–H groups in total. The Kier molecular flexibility index (Phi) is 6.38. The van der Waals surface area contributed by atoms with E-state index < -0.39 is 15.8 Å². The highest BCUT2D eigenvalue weighted by molar-refractivity contribution is 7.89. The molecule has 0 bridgehead atoms. The fraction of sp³-hybridized carbons (Fsp3) is 0.364. The number of halogens is 1. The molecule has 1 fully saturated rings. The first-order chi connectivity index (χ1) is 15.2. The van der Waals surface area contributed by atoms with E-state index in [0.29, 0.717) is 24.6 Å². The Morgan fingerprint density at radius 3 is 2.44 bits per heavy atom. The Hall–Kier alpha value is -2.66. The first-order valence-corrected chi connectivity index (χ1v) is 11.9. The second-order valence-electron chi connectivity index (χ2n) is 8.13. The predicted octanol–water partition coefficient (Wildman–Crippen LogP) is 2.25. The van der Waals surface area contributed by atoms with Crippen LogP contribution in [0.2, 0.25) is 0 Å². The largest absolute Gasteiger partial charge is 0.373 e. The summed E-state index contributed by atoms with van der Waals surface area (Å²) >= 11 is 0. The second kappa shape index (κ2) is 9.07. The van der Waals surface area contributed by atoms with Crippen LogP contribution in [0.5, 0.6) is 0 Å². The van der Waals surface area contributed by atoms with Gasteiger partial charge < -0.3 is 4.74 Å². The van der Waals surface area contributed by atoms with Crippen LogP contribution in [-0.4, -0.2) is 53.4 Å². The zero-order chi connectivity index (χ0) is 22.9. The molecule has 8 nitrogen and oxygen atoms in total. The van der Waals surface area contributed by atoms with Crippen molar-refractivity contribution in [2.45, 2.75) is 43.9 Å². The van der Waals surface area contributed by atoms with Gasteiger partial charge >= 0.3 is 0 Å². The molecule has 2 atom stereocenters. The maximum Gasteiger partial charge on any atom is 0.238 e. The molecule has 1 aromatic heterocycles. The third kappa shape index (κ3) is 5.21. The summed E-state index contributed by atoms with van der Waals surface area (Å²) in [6.45, 7) is 6.06. The van der Waals surface area contributed by atoms with Gasteiger partial charge in [0, 0.05) is 19.5 Å². The molecule has 0 saturated carbocycles. The molecule has 10 heteroatoms. The van der Waals surface area contributed by atoms with E-state index in [1.807, 2.05) is 44.2 Å². The van der Waals surface area contributed by atoms with E-state index in [1.54, 1.807) is 0 Å². The molecule has 32 heavy (non-hydrogen) atoms. The summed E-state index contributed by atoms with van der Waals surface area (Å²) in [5.74, 6) is 0.380. The van der Waals surface area contributed by atoms with Crippen molar-refractivity contribution in [3.05, 3.63) is 71.6 Å². The van der Waals surface area contributed by atoms with Crippen LogP contribution in [-0.2, 0) is 27.7 Å². The van der Waals surface area contributed by atoms with Gasteiger partial charge in [0.15, 0.2) is 5.82 Å². The Labute approximate surface area is 186 Å². The zero-order valence-corrected chi connectivity index (χ0v) is 18.8. The number of hydrogen-bond acceptors (Lipinski definition) is 6. The molecule has 2 aromatic carbocycles. The highest BCUT2D eigenvalue weighted by Gasteiger charge is 2.24. The Bertz CT molecular complexity index is 1190. The van der Waals surface area contributed by atoms with Gasteiger partial charge in [-0.05, 0) is 37.6 Å². The monoisotopic (exact) mass is 459 g/mol. The number of nitrogens with zero attached hydrogens (tertiary/aromatic N) is 4. The third-order valence-corrected chi connectivity index (χ3v) is 6.17. The van der Waals surface area contributed by atoms with E-state index in [1.165, 1.54) is 16.8 Å². The van der Waals surface area contributed by atoms with Gasteiger partial charge in [0.2, 0.25) is 10.0 Å². The minimum Gasteiger partial charge on any atom is -0.373 e. The molecular formula is C22H26FN5O3S. The number of ether oxygens (including phenoxy) is 1. The first-order valence-electron chi connectivity index (χ1n) is 10.4. The van der Waals surface area contributed by atoms with Crippen molar-refractivity contribution in [2.24, 2.45) is 5.14 Å². The lowest BCUT2D eigenvalue weighted by molar-refractivity contribution is -0.0710. The van der Waals surface area contributed by atoms with Gasteiger partial charge in [0.25, 0.3) is 0 Å². The van der Waals surface area contributed by atoms with Gasteiger partial charge in [-0.25, -0.2) is 27.6 Å². The molecule has 0 amide bonds. The fourth-order valence-corrected chi connectivity index (χ4v) is 4.52. The summed E-state index contributed by atoms with van der Waals surface area (Å²) in [6.07, 6.45) is 0.654. The molecule has 0 spiro atoms. The van der Waals surface area contributed by atoms with Gasteiger partial charge in [-0.15, -0.1) is 5.10 Å². The molecule has 3 aromatic rings. The molecule has 1 aliphatic rings. The van der Waals surface area contributed by atoms with Crippen LogP contribution in [0.25, 0.3) is 5.69 Å². The molecule has 4 rings (SSSR count). The number of morpholine rings is 1. The van der Waals surface area contributed by atoms with Gasteiger partial charge in [0.05, 0.1) is 23.6 Å². The number of sulfonamides is 1. The highest BCUT2D eigenvalue weighted by Crippen LogP contribution is 2.21. The van der Waals surface area contributed by atoms with Gasteiger partial charge in [-0.1, -0.05) is 30.3 Å². The van der Waals surface area contributed by atoms with E-state index in [-0.39, 0.29) is 22.8 Å². The van der Waals surface area contributed by atoms with Crippen molar-refractivity contribution in [1.29, 1.82) is 0 Å². The topological polar surface area (TPSA) is 103 Å². The molecule has 0 unspecified atom stereocenters. The zero-order valence-electron chi connectivity index (χ0n) is 18.0. The Morgan fingerprint density at radius 1 is 1.12 bits per heavy atom. The van der Waals surface area contributed by atoms with Crippen LogP contribution >= 0.6 is 0 Å². The van der Waals surface area contributed by atoms with Gasteiger partial charge in [-0.2, -0.15) is 0 Å². The van der Waals surface area contributed by atoms with E-state index in [2.05, 4.69) is 10.00 Å². The quantitative estimate of drug-likeness (QED) is 0.607. The lowest BCUT2D eigenvalue weighted by atomic mass is 10.1. The number of benzene rings is 2. The lowest BCUT2D eigenvalue weighted by Crippen LogP contribution is -2.45. The number of rotatable bonds is 6. The summed E-state index contributed by atoms with van der Waals surface area (Å²) in [6, 6.07) is 13.2. The number of hydrogen-bond donors (Lipinski definition) is 1. The van der Waals surface area contributed by atoms with E-state index in [0.717, 1.165) is 24.7 Å². The molecule has 1 aliphatic heterocycles. The number of nitrogens with two attached hydrogens (primary N) is 1. The number of aromatic nitrogens is 3. The van der Waals surface area contributed by atoms with Crippen molar-refractivity contribution in [1.82, 2.24) is 19.7 Å². The van der Waals surface area contributed by atoms with Crippen LogP contribution < -0.4 is 5.14 Å². The van der Waals surface area contributed by atoms with Crippen LogP contribution in [0.1, 0.15) is 31.1 Å². The van der Waals surface area contributed by atoms with Crippen LogP contribution in [0.15, 0.2) is 53.4 Å². The van der Waals surface area contributed by atoms with Crippen molar-refractivity contribution in [2.75, 3.05) is 13.1 Å². The summed E-state index contributed by atoms with van der Waals surface area (Å²) in [7, 11) is -4.01. The average molecular weight is 460 g/mol. The predicted molar refractivity (Wildman–Crippen MR) is 117 cm³/mol. The molecule has 170 valence electrons. The molecule has 0 radical (unpaired) electrons. The molecule has 1 saturated heterocycles. The maximum atomic E-state index is 14.9. The highest BCUT2D eigenvalue weighted by atomic mass is 32.2. The number of primary sulfonamides is 1. The summed E-state index contributed by atoms with van der Waals surface area (Å²) < 4.78 is 45.3. The van der Waals surface area contributed by atoms with E-state index >= 15 is 0 Å². The first kappa shape index (κ1) is 22.5. The summed E-state index contributed by atoms with van der Waals surface area (Å²) in [5, 5.41) is 9.71. The SMILES string of the molecule is C[C@@H]1CN(Cc2nc(Cc3ccccc3)n(-c3ccc(S(N)(=O)=O)cc3F)n2)C[C@H](C)O1. The van der Waals surface area contributed by atoms with Crippen LogP contribution in [0, 0.1) is 5.82 Å². The minimum absolute atomic E-state index is 0.104. The normalized spacial score (nSPS) is 19.9. The van der Waals surface area contributed by atoms with E-state index in [9.17, 15) is 12.8 Å². The minimum atomic E-state index is -4.01. The van der Waals surface area contributed by atoms with Crippen molar-refractivity contribution in [3.63, 3.8) is 0 Å². The smallest absolute Gasteiger partial charge is 0.238 e. The lowest BCUT2D eigenvalue weighted by Gasteiger charge is -2.34. The maximum absolute atomic E-state index is 14.9. The second-order valence-corrected chi connectivity index (χ2v) is 9.69. The molecule has 0 aliphatic carbocycles. The van der Waals surface area contributed by atoms with Crippen LogP contribution in [0.4, 0.5) is 4.39 Å². The van der Waals surface area contributed by atoms with E-state index in [4.69, 9.17) is 14.9 Å². The fourth-order valence-electron chi connectivity index (χ4n) is 3.99. The average Bonchev–Trinajstić information content (AvgIpc) is 3.09. The molecular weight excluding hydrogens is 433 g/mol. The standard InChI is InChI=1S/C22H26FN5O3S/c1-15-12-27(13-16(2)31-15)14-21-25-22(10-17-6-4-3-5-7-17)28(26-21)20-9-8-18(11-19(20)23)32(24,29)30/h3-9,11,15-16H,10,12-14H2,1-2H3,(H2,24,29,30)/t15-,16+. The molecule has 2 heterocycles. The van der Waals surface area contributed by atoms with Crippen molar-refractivity contribution in [3.8, 4) is 5.69 Å². The Balaban J connectivity index is 1.70. The summed E-state index contributed by atoms with van der Waals surface area (Å²) in [5.41, 5.74) is 1.12. The van der Waals surface area contributed by atoms with Gasteiger partial charge in [0.1, 0.15) is 17.3 Å². The Morgan fingerprint density at radius 2 is 1.81 bits per heavy atom. The van der Waals surface area contributed by atoms with Crippen molar-refractivity contribution >= 4 is 10.0 Å². The third-order valence-electron chi connectivity index (χ3n) is 5.26.